The van der Waals surface area contributed by atoms with Crippen molar-refractivity contribution in [2.45, 2.75) is 19.5 Å². The lowest BCUT2D eigenvalue weighted by molar-refractivity contribution is 0.574. The molecule has 1 atom stereocenters. The average molecular weight is 325 g/mol. The third kappa shape index (κ3) is 3.58. The van der Waals surface area contributed by atoms with Gasteiger partial charge in [-0.1, -0.05) is 57.9 Å². The molecule has 1 nitrogen and oxygen atoms in total. The molecule has 0 saturated heterocycles. The second kappa shape index (κ2) is 6.37. The molecule has 0 amide bonds. The van der Waals surface area contributed by atoms with Crippen molar-refractivity contribution in [2.75, 3.05) is 0 Å². The fraction of sp³-hybridized carbons (Fsp3) is 0.200. The zero-order chi connectivity index (χ0) is 13.0. The number of hydrogen-bond donors (Lipinski definition) is 1. The molecule has 3 heteroatoms. The summed E-state index contributed by atoms with van der Waals surface area (Å²) in [6.45, 7) is 2.95. The summed E-state index contributed by atoms with van der Waals surface area (Å²) < 4.78 is 1.08. The molecule has 0 heterocycles. The zero-order valence-electron chi connectivity index (χ0n) is 10.2. The Balaban J connectivity index is 2.01. The molecule has 0 aliphatic carbocycles. The fourth-order valence-corrected chi connectivity index (χ4v) is 2.38. The molecule has 18 heavy (non-hydrogen) atoms. The number of nitrogens with one attached hydrogen (secondary N) is 1. The predicted molar refractivity (Wildman–Crippen MR) is 80.8 cm³/mol. The van der Waals surface area contributed by atoms with Crippen LogP contribution in [0.5, 0.6) is 0 Å². The fourth-order valence-electron chi connectivity index (χ4n) is 1.80. The Morgan fingerprint density at radius 3 is 2.61 bits per heavy atom. The van der Waals surface area contributed by atoms with Crippen molar-refractivity contribution in [3.63, 3.8) is 0 Å². The Bertz CT molecular complexity index is 513. The van der Waals surface area contributed by atoms with Crippen LogP contribution in [0.1, 0.15) is 24.1 Å². The van der Waals surface area contributed by atoms with Gasteiger partial charge < -0.3 is 5.32 Å². The molecule has 1 N–H and O–H groups in total. The summed E-state index contributed by atoms with van der Waals surface area (Å²) in [6.07, 6.45) is 0. The van der Waals surface area contributed by atoms with Gasteiger partial charge in [-0.2, -0.15) is 0 Å². The van der Waals surface area contributed by atoms with Gasteiger partial charge in [0.1, 0.15) is 0 Å². The van der Waals surface area contributed by atoms with Crippen molar-refractivity contribution < 1.29 is 0 Å². The first-order valence-corrected chi connectivity index (χ1v) is 7.06. The molecular weight excluding hydrogens is 310 g/mol. The maximum atomic E-state index is 6.00. The second-order valence-electron chi connectivity index (χ2n) is 4.25. The van der Waals surface area contributed by atoms with Crippen LogP contribution in [-0.2, 0) is 6.54 Å². The van der Waals surface area contributed by atoms with Crippen molar-refractivity contribution >= 4 is 27.5 Å². The standard InChI is InChI=1S/C15H15BrClN/c1-11(12-5-3-2-4-6-12)18-10-13-9-14(17)7-8-15(13)16/h2-9,11,18H,10H2,1H3/t11-/m0/s1. The van der Waals surface area contributed by atoms with Crippen LogP contribution in [-0.4, -0.2) is 0 Å². The number of halogens is 2. The Labute approximate surface area is 121 Å². The van der Waals surface area contributed by atoms with E-state index in [0.29, 0.717) is 6.04 Å². The highest BCUT2D eigenvalue weighted by atomic mass is 79.9. The van der Waals surface area contributed by atoms with Crippen LogP contribution in [0.2, 0.25) is 5.02 Å². The van der Waals surface area contributed by atoms with Crippen molar-refractivity contribution in [1.82, 2.24) is 5.32 Å². The van der Waals surface area contributed by atoms with Crippen LogP contribution in [0.3, 0.4) is 0 Å². The van der Waals surface area contributed by atoms with Gasteiger partial charge >= 0.3 is 0 Å². The normalized spacial score (nSPS) is 12.4. The first kappa shape index (κ1) is 13.6. The van der Waals surface area contributed by atoms with Crippen LogP contribution < -0.4 is 5.32 Å². The average Bonchev–Trinajstić information content (AvgIpc) is 2.40. The van der Waals surface area contributed by atoms with E-state index >= 15 is 0 Å². The van der Waals surface area contributed by atoms with E-state index in [4.69, 9.17) is 11.6 Å². The topological polar surface area (TPSA) is 12.0 Å². The van der Waals surface area contributed by atoms with Crippen LogP contribution in [0.25, 0.3) is 0 Å². The largest absolute Gasteiger partial charge is 0.306 e. The van der Waals surface area contributed by atoms with E-state index in [1.165, 1.54) is 11.1 Å². The number of hydrogen-bond acceptors (Lipinski definition) is 1. The Hall–Kier alpha value is -0.830. The van der Waals surface area contributed by atoms with E-state index in [1.54, 1.807) is 0 Å². The minimum atomic E-state index is 0.317. The van der Waals surface area contributed by atoms with E-state index in [1.807, 2.05) is 24.3 Å². The van der Waals surface area contributed by atoms with Crippen LogP contribution in [0, 0.1) is 0 Å². The highest BCUT2D eigenvalue weighted by Crippen LogP contribution is 2.22. The molecule has 0 saturated carbocycles. The van der Waals surface area contributed by atoms with Crippen molar-refractivity contribution in [3.05, 3.63) is 69.2 Å². The van der Waals surface area contributed by atoms with E-state index in [9.17, 15) is 0 Å². The zero-order valence-corrected chi connectivity index (χ0v) is 12.5. The van der Waals surface area contributed by atoms with Gasteiger partial charge in [-0.3, -0.25) is 0 Å². The minimum absolute atomic E-state index is 0.317. The maximum absolute atomic E-state index is 6.00. The molecular formula is C15H15BrClN. The summed E-state index contributed by atoms with van der Waals surface area (Å²) in [6, 6.07) is 16.6. The van der Waals surface area contributed by atoms with Gasteiger partial charge in [-0.25, -0.2) is 0 Å². The lowest BCUT2D eigenvalue weighted by Gasteiger charge is -2.15. The van der Waals surface area contributed by atoms with Crippen molar-refractivity contribution in [1.29, 1.82) is 0 Å². The van der Waals surface area contributed by atoms with E-state index in [2.05, 4.69) is 52.4 Å². The smallest absolute Gasteiger partial charge is 0.0410 e. The molecule has 2 aromatic carbocycles. The van der Waals surface area contributed by atoms with Gasteiger partial charge in [0.2, 0.25) is 0 Å². The molecule has 0 fully saturated rings. The number of benzene rings is 2. The summed E-state index contributed by atoms with van der Waals surface area (Å²) in [7, 11) is 0. The van der Waals surface area contributed by atoms with Crippen LogP contribution in [0.4, 0.5) is 0 Å². The summed E-state index contributed by atoms with van der Waals surface area (Å²) in [5, 5.41) is 4.26. The highest BCUT2D eigenvalue weighted by molar-refractivity contribution is 9.10. The summed E-state index contributed by atoms with van der Waals surface area (Å²) in [5.74, 6) is 0. The minimum Gasteiger partial charge on any atom is -0.306 e. The molecule has 94 valence electrons. The van der Waals surface area contributed by atoms with E-state index in [0.717, 1.165) is 16.0 Å². The second-order valence-corrected chi connectivity index (χ2v) is 5.54. The van der Waals surface area contributed by atoms with Gasteiger partial charge in [0, 0.05) is 22.1 Å². The van der Waals surface area contributed by atoms with Crippen LogP contribution >= 0.6 is 27.5 Å². The maximum Gasteiger partial charge on any atom is 0.0410 e. The summed E-state index contributed by atoms with van der Waals surface area (Å²) in [5.41, 5.74) is 2.46. The van der Waals surface area contributed by atoms with Crippen LogP contribution in [0.15, 0.2) is 53.0 Å². The van der Waals surface area contributed by atoms with Gasteiger partial charge in [0.05, 0.1) is 0 Å². The Kier molecular flexibility index (Phi) is 4.81. The molecule has 0 aliphatic rings. The molecule has 0 radical (unpaired) electrons. The Morgan fingerprint density at radius 1 is 1.17 bits per heavy atom. The quantitative estimate of drug-likeness (QED) is 0.838. The third-order valence-electron chi connectivity index (χ3n) is 2.91. The molecule has 2 rings (SSSR count). The lowest BCUT2D eigenvalue weighted by Crippen LogP contribution is -2.18. The third-order valence-corrected chi connectivity index (χ3v) is 3.91. The van der Waals surface area contributed by atoms with Gasteiger partial charge in [-0.15, -0.1) is 0 Å². The predicted octanol–water partition coefficient (Wildman–Crippen LogP) is 4.95. The molecule has 0 aliphatic heterocycles. The van der Waals surface area contributed by atoms with Gasteiger partial charge in [0.25, 0.3) is 0 Å². The highest BCUT2D eigenvalue weighted by Gasteiger charge is 2.06. The molecule has 0 unspecified atom stereocenters. The summed E-state index contributed by atoms with van der Waals surface area (Å²) >= 11 is 9.54. The molecule has 2 aromatic rings. The first-order valence-electron chi connectivity index (χ1n) is 5.89. The number of rotatable bonds is 4. The van der Waals surface area contributed by atoms with E-state index < -0.39 is 0 Å². The Morgan fingerprint density at radius 2 is 1.89 bits per heavy atom. The van der Waals surface area contributed by atoms with Gasteiger partial charge in [0.15, 0.2) is 0 Å². The molecule has 0 aromatic heterocycles. The van der Waals surface area contributed by atoms with Gasteiger partial charge in [-0.05, 0) is 36.2 Å². The molecule has 0 bridgehead atoms. The SMILES string of the molecule is C[C@H](NCc1cc(Cl)ccc1Br)c1ccccc1. The first-order chi connectivity index (χ1) is 8.66. The lowest BCUT2D eigenvalue weighted by atomic mass is 10.1. The monoisotopic (exact) mass is 323 g/mol. The van der Waals surface area contributed by atoms with E-state index in [-0.39, 0.29) is 0 Å². The van der Waals surface area contributed by atoms with Crippen molar-refractivity contribution in [2.24, 2.45) is 0 Å². The molecule has 0 spiro atoms. The summed E-state index contributed by atoms with van der Waals surface area (Å²) in [4.78, 5) is 0. The van der Waals surface area contributed by atoms with Crippen molar-refractivity contribution in [3.8, 4) is 0 Å².